The Morgan fingerprint density at radius 3 is 2.35 bits per heavy atom. The van der Waals surface area contributed by atoms with Gasteiger partial charge in [-0.25, -0.2) is 8.42 Å². The molecule has 0 spiro atoms. The molecule has 37 heavy (non-hydrogen) atoms. The van der Waals surface area contributed by atoms with E-state index in [-0.39, 0.29) is 29.9 Å². The first-order valence-corrected chi connectivity index (χ1v) is 14.2. The minimum absolute atomic E-state index is 0.0274. The molecule has 1 unspecified atom stereocenters. The van der Waals surface area contributed by atoms with Gasteiger partial charge in [0.05, 0.1) is 16.9 Å². The third-order valence-corrected chi connectivity index (χ3v) is 7.86. The molecule has 1 atom stereocenters. The van der Waals surface area contributed by atoms with E-state index in [9.17, 15) is 28.1 Å². The van der Waals surface area contributed by atoms with Gasteiger partial charge in [-0.15, -0.1) is 0 Å². The van der Waals surface area contributed by atoms with E-state index in [4.69, 9.17) is 11.6 Å². The van der Waals surface area contributed by atoms with Crippen LogP contribution in [0.25, 0.3) is 0 Å². The average molecular weight is 551 g/mol. The SMILES string of the molecule is Cc1ccc([N+](=O)[O-])cc1N(CC(=O)N(Cc1ccc(Cl)cc1)C(C)C(=O)NC1CCCC1)S(C)(=O)=O. The molecule has 1 aliphatic carbocycles. The van der Waals surface area contributed by atoms with Crippen LogP contribution < -0.4 is 9.62 Å². The third-order valence-electron chi connectivity index (χ3n) is 6.49. The number of rotatable bonds is 10. The Hall–Kier alpha value is -3.18. The van der Waals surface area contributed by atoms with Crippen molar-refractivity contribution in [3.05, 3.63) is 68.7 Å². The summed E-state index contributed by atoms with van der Waals surface area (Å²) in [6.45, 7) is 2.61. The van der Waals surface area contributed by atoms with Crippen LogP contribution in [0.3, 0.4) is 0 Å². The zero-order valence-electron chi connectivity index (χ0n) is 21.0. The Morgan fingerprint density at radius 2 is 1.78 bits per heavy atom. The number of nitro benzene ring substituents is 1. The molecule has 1 fully saturated rings. The third kappa shape index (κ3) is 7.42. The number of nitro groups is 1. The van der Waals surface area contributed by atoms with Crippen molar-refractivity contribution >= 4 is 44.8 Å². The largest absolute Gasteiger partial charge is 0.352 e. The van der Waals surface area contributed by atoms with Crippen molar-refractivity contribution in [2.24, 2.45) is 0 Å². The summed E-state index contributed by atoms with van der Waals surface area (Å²) in [4.78, 5) is 38.7. The Balaban J connectivity index is 1.93. The van der Waals surface area contributed by atoms with Crippen molar-refractivity contribution in [2.75, 3.05) is 17.1 Å². The molecule has 1 saturated carbocycles. The molecular weight excluding hydrogens is 520 g/mol. The number of aryl methyl sites for hydroxylation is 1. The first-order valence-electron chi connectivity index (χ1n) is 11.9. The molecule has 0 aliphatic heterocycles. The Morgan fingerprint density at radius 1 is 1.16 bits per heavy atom. The number of halogens is 1. The maximum absolute atomic E-state index is 13.6. The first kappa shape index (κ1) is 28.4. The number of amides is 2. The molecule has 0 bridgehead atoms. The number of non-ortho nitro benzene ring substituents is 1. The molecule has 0 aromatic heterocycles. The number of sulfonamides is 1. The summed E-state index contributed by atoms with van der Waals surface area (Å²) < 4.78 is 26.3. The van der Waals surface area contributed by atoms with Gasteiger partial charge in [0.15, 0.2) is 0 Å². The van der Waals surface area contributed by atoms with Gasteiger partial charge in [-0.05, 0) is 49.9 Å². The minimum Gasteiger partial charge on any atom is -0.352 e. The minimum atomic E-state index is -4.01. The number of hydrogen-bond donors (Lipinski definition) is 1. The van der Waals surface area contributed by atoms with E-state index in [2.05, 4.69) is 5.32 Å². The lowest BCUT2D eigenvalue weighted by molar-refractivity contribution is -0.384. The van der Waals surface area contributed by atoms with E-state index < -0.39 is 33.4 Å². The van der Waals surface area contributed by atoms with Crippen molar-refractivity contribution in [2.45, 2.75) is 58.2 Å². The van der Waals surface area contributed by atoms with Crippen molar-refractivity contribution in [1.29, 1.82) is 0 Å². The summed E-state index contributed by atoms with van der Waals surface area (Å²) in [5, 5.41) is 14.8. The summed E-state index contributed by atoms with van der Waals surface area (Å²) in [6.07, 6.45) is 4.73. The van der Waals surface area contributed by atoms with Crippen LogP contribution in [-0.4, -0.2) is 54.9 Å². The molecule has 0 heterocycles. The lowest BCUT2D eigenvalue weighted by atomic mass is 10.1. The second-order valence-electron chi connectivity index (χ2n) is 9.31. The smallest absolute Gasteiger partial charge is 0.271 e. The fourth-order valence-electron chi connectivity index (χ4n) is 4.34. The van der Waals surface area contributed by atoms with Crippen molar-refractivity contribution < 1.29 is 22.9 Å². The van der Waals surface area contributed by atoms with Crippen LogP contribution >= 0.6 is 11.6 Å². The molecule has 1 aliphatic rings. The van der Waals surface area contributed by atoms with Crippen LogP contribution in [0.1, 0.15) is 43.7 Å². The van der Waals surface area contributed by atoms with Crippen LogP contribution in [0.15, 0.2) is 42.5 Å². The first-order chi connectivity index (χ1) is 17.4. The predicted molar refractivity (Wildman–Crippen MR) is 142 cm³/mol. The fraction of sp³-hybridized carbons (Fsp3) is 0.440. The molecular formula is C25H31ClN4O6S. The predicted octanol–water partition coefficient (Wildman–Crippen LogP) is 3.80. The number of carbonyl (C=O) groups excluding carboxylic acids is 2. The van der Waals surface area contributed by atoms with E-state index in [1.54, 1.807) is 38.1 Å². The van der Waals surface area contributed by atoms with Gasteiger partial charge in [-0.2, -0.15) is 0 Å². The highest BCUT2D eigenvalue weighted by Crippen LogP contribution is 2.28. The van der Waals surface area contributed by atoms with Crippen LogP contribution in [0, 0.1) is 17.0 Å². The average Bonchev–Trinajstić information content (AvgIpc) is 3.34. The summed E-state index contributed by atoms with van der Waals surface area (Å²) in [6, 6.07) is 9.76. The monoisotopic (exact) mass is 550 g/mol. The van der Waals surface area contributed by atoms with E-state index >= 15 is 0 Å². The Bertz CT molecular complexity index is 1260. The second kappa shape index (κ2) is 11.9. The maximum atomic E-state index is 13.6. The normalized spacial score (nSPS) is 14.7. The topological polar surface area (TPSA) is 130 Å². The Kier molecular flexibility index (Phi) is 9.14. The summed E-state index contributed by atoms with van der Waals surface area (Å²) in [7, 11) is -4.01. The van der Waals surface area contributed by atoms with E-state index in [1.165, 1.54) is 17.0 Å². The van der Waals surface area contributed by atoms with Crippen molar-refractivity contribution in [3.8, 4) is 0 Å². The van der Waals surface area contributed by atoms with Gasteiger partial charge in [-0.1, -0.05) is 42.6 Å². The zero-order chi connectivity index (χ0) is 27.3. The van der Waals surface area contributed by atoms with Gasteiger partial charge in [0.1, 0.15) is 12.6 Å². The lowest BCUT2D eigenvalue weighted by Gasteiger charge is -2.32. The highest BCUT2D eigenvalue weighted by atomic mass is 35.5. The number of nitrogens with zero attached hydrogens (tertiary/aromatic N) is 3. The molecule has 2 amide bonds. The molecule has 200 valence electrons. The summed E-state index contributed by atoms with van der Waals surface area (Å²) in [5.41, 5.74) is 0.874. The van der Waals surface area contributed by atoms with Gasteiger partial charge in [0, 0.05) is 29.7 Å². The van der Waals surface area contributed by atoms with Gasteiger partial charge < -0.3 is 10.2 Å². The molecule has 1 N–H and O–H groups in total. The highest BCUT2D eigenvalue weighted by Gasteiger charge is 2.32. The van der Waals surface area contributed by atoms with Crippen LogP contribution in [0.5, 0.6) is 0 Å². The molecule has 12 heteroatoms. The van der Waals surface area contributed by atoms with Gasteiger partial charge in [-0.3, -0.25) is 24.0 Å². The number of nitrogens with one attached hydrogen (secondary N) is 1. The van der Waals surface area contributed by atoms with E-state index in [0.717, 1.165) is 42.3 Å². The van der Waals surface area contributed by atoms with E-state index in [0.29, 0.717) is 16.1 Å². The lowest BCUT2D eigenvalue weighted by Crippen LogP contribution is -2.52. The molecule has 3 rings (SSSR count). The summed E-state index contributed by atoms with van der Waals surface area (Å²) in [5.74, 6) is -0.952. The Labute approximate surface area is 221 Å². The van der Waals surface area contributed by atoms with Crippen LogP contribution in [0.4, 0.5) is 11.4 Å². The second-order valence-corrected chi connectivity index (χ2v) is 11.7. The van der Waals surface area contributed by atoms with Crippen LogP contribution in [0.2, 0.25) is 5.02 Å². The van der Waals surface area contributed by atoms with Gasteiger partial charge >= 0.3 is 0 Å². The molecule has 10 nitrogen and oxygen atoms in total. The molecule has 0 radical (unpaired) electrons. The molecule has 2 aromatic carbocycles. The number of hydrogen-bond acceptors (Lipinski definition) is 6. The zero-order valence-corrected chi connectivity index (χ0v) is 22.6. The maximum Gasteiger partial charge on any atom is 0.271 e. The van der Waals surface area contributed by atoms with Gasteiger partial charge in [0.2, 0.25) is 21.8 Å². The van der Waals surface area contributed by atoms with Crippen LogP contribution in [-0.2, 0) is 26.2 Å². The van der Waals surface area contributed by atoms with Crippen molar-refractivity contribution in [3.63, 3.8) is 0 Å². The standard InChI is InChI=1S/C25H31ClN4O6S/c1-17-8-13-22(30(33)34)14-23(17)29(37(3,35)36)16-24(31)28(15-19-9-11-20(26)12-10-19)18(2)25(32)27-21-6-4-5-7-21/h8-14,18,21H,4-7,15-16H2,1-3H3,(H,27,32). The molecule has 0 saturated heterocycles. The van der Waals surface area contributed by atoms with Crippen molar-refractivity contribution in [1.82, 2.24) is 10.2 Å². The number of anilines is 1. The fourth-order valence-corrected chi connectivity index (χ4v) is 5.36. The quantitative estimate of drug-likeness (QED) is 0.354. The number of benzene rings is 2. The molecule has 2 aromatic rings. The number of carbonyl (C=O) groups is 2. The van der Waals surface area contributed by atoms with Gasteiger partial charge in [0.25, 0.3) is 5.69 Å². The van der Waals surface area contributed by atoms with E-state index in [1.807, 2.05) is 0 Å². The highest BCUT2D eigenvalue weighted by molar-refractivity contribution is 7.92. The summed E-state index contributed by atoms with van der Waals surface area (Å²) >= 11 is 5.99.